The first kappa shape index (κ1) is 11.9. The van der Waals surface area contributed by atoms with Crippen molar-refractivity contribution >= 4 is 5.97 Å². The van der Waals surface area contributed by atoms with Gasteiger partial charge < -0.3 is 10.1 Å². The number of nitrogens with one attached hydrogen (secondary N) is 1. The zero-order valence-electron chi connectivity index (χ0n) is 8.01. The van der Waals surface area contributed by atoms with Gasteiger partial charge in [-0.05, 0) is 19.9 Å². The van der Waals surface area contributed by atoms with E-state index in [-0.39, 0.29) is 5.97 Å². The van der Waals surface area contributed by atoms with Crippen molar-refractivity contribution in [2.24, 2.45) is 0 Å². The molecule has 4 heteroatoms. The predicted molar refractivity (Wildman–Crippen MR) is 49.0 cm³/mol. The fourth-order valence-corrected chi connectivity index (χ4v) is 0.860. The Balaban J connectivity index is 3.07. The zero-order valence-corrected chi connectivity index (χ0v) is 8.01. The van der Waals surface area contributed by atoms with E-state index in [9.17, 15) is 4.79 Å². The van der Waals surface area contributed by atoms with Gasteiger partial charge in [-0.15, -0.1) is 0 Å². The van der Waals surface area contributed by atoms with Gasteiger partial charge in [0, 0.05) is 19.4 Å². The lowest BCUT2D eigenvalue weighted by molar-refractivity contribution is -0.143. The lowest BCUT2D eigenvalue weighted by atomic mass is 10.3. The molecule has 0 unspecified atom stereocenters. The maximum absolute atomic E-state index is 10.8. The van der Waals surface area contributed by atoms with Gasteiger partial charge in [0.15, 0.2) is 0 Å². The zero-order chi connectivity index (χ0) is 9.94. The lowest BCUT2D eigenvalue weighted by Gasteiger charge is -2.02. The Kier molecular flexibility index (Phi) is 8.26. The van der Waals surface area contributed by atoms with Crippen LogP contribution in [0, 0.1) is 11.3 Å². The first-order chi connectivity index (χ1) is 6.31. The Morgan fingerprint density at radius 3 is 2.92 bits per heavy atom. The number of esters is 1. The summed E-state index contributed by atoms with van der Waals surface area (Å²) in [5.41, 5.74) is 0. The summed E-state index contributed by atoms with van der Waals surface area (Å²) in [4.78, 5) is 10.8. The van der Waals surface area contributed by atoms with Crippen LogP contribution in [0.25, 0.3) is 0 Å². The second-order valence-corrected chi connectivity index (χ2v) is 2.57. The van der Waals surface area contributed by atoms with E-state index in [4.69, 9.17) is 10.00 Å². The molecule has 0 aliphatic carbocycles. The van der Waals surface area contributed by atoms with E-state index in [1.54, 1.807) is 6.92 Å². The van der Waals surface area contributed by atoms with Gasteiger partial charge in [0.1, 0.15) is 0 Å². The topological polar surface area (TPSA) is 62.1 Å². The molecule has 0 atom stereocenters. The van der Waals surface area contributed by atoms with E-state index in [1.807, 2.05) is 6.07 Å². The maximum Gasteiger partial charge on any atom is 0.305 e. The summed E-state index contributed by atoms with van der Waals surface area (Å²) in [7, 11) is 0. The van der Waals surface area contributed by atoms with Crippen molar-refractivity contribution in [2.45, 2.75) is 26.2 Å². The monoisotopic (exact) mass is 184 g/mol. The molecule has 0 heterocycles. The summed E-state index contributed by atoms with van der Waals surface area (Å²) < 4.78 is 4.75. The molecule has 13 heavy (non-hydrogen) atoms. The lowest BCUT2D eigenvalue weighted by Crippen LogP contribution is -2.17. The van der Waals surface area contributed by atoms with E-state index >= 15 is 0 Å². The minimum absolute atomic E-state index is 0.149. The minimum atomic E-state index is -0.149. The molecule has 0 aliphatic rings. The van der Waals surface area contributed by atoms with Crippen LogP contribution >= 0.6 is 0 Å². The summed E-state index contributed by atoms with van der Waals surface area (Å²) in [6.45, 7) is 3.70. The molecule has 0 saturated heterocycles. The Hall–Kier alpha value is -1.08. The van der Waals surface area contributed by atoms with E-state index in [0.29, 0.717) is 26.0 Å². The standard InChI is InChI=1S/C9H16N2O2/c1-2-13-9(12)5-3-7-11-8-4-6-10/h11H,2-5,7-8H2,1H3. The molecule has 0 fully saturated rings. The number of nitrogens with zero attached hydrogens (tertiary/aromatic N) is 1. The number of nitriles is 1. The highest BCUT2D eigenvalue weighted by atomic mass is 16.5. The van der Waals surface area contributed by atoms with Crippen LogP contribution in [0.4, 0.5) is 0 Å². The maximum atomic E-state index is 10.8. The highest BCUT2D eigenvalue weighted by molar-refractivity contribution is 5.69. The molecule has 0 amide bonds. The normalized spacial score (nSPS) is 9.23. The second-order valence-electron chi connectivity index (χ2n) is 2.57. The van der Waals surface area contributed by atoms with Crippen LogP contribution in [0.5, 0.6) is 0 Å². The van der Waals surface area contributed by atoms with Crippen LogP contribution in [-0.2, 0) is 9.53 Å². The van der Waals surface area contributed by atoms with Crippen molar-refractivity contribution in [3.63, 3.8) is 0 Å². The fraction of sp³-hybridized carbons (Fsp3) is 0.778. The molecule has 0 spiro atoms. The molecule has 0 aromatic rings. The van der Waals surface area contributed by atoms with E-state index in [1.165, 1.54) is 0 Å². The van der Waals surface area contributed by atoms with Gasteiger partial charge >= 0.3 is 5.97 Å². The molecule has 1 N–H and O–H groups in total. The molecule has 0 aliphatic heterocycles. The second kappa shape index (κ2) is 9.01. The third-order valence-corrected chi connectivity index (χ3v) is 1.45. The molecule has 0 saturated carbocycles. The Morgan fingerprint density at radius 2 is 2.31 bits per heavy atom. The Morgan fingerprint density at radius 1 is 1.54 bits per heavy atom. The van der Waals surface area contributed by atoms with Crippen molar-refractivity contribution in [2.75, 3.05) is 19.7 Å². The minimum Gasteiger partial charge on any atom is -0.466 e. The largest absolute Gasteiger partial charge is 0.466 e. The van der Waals surface area contributed by atoms with Crippen LogP contribution < -0.4 is 5.32 Å². The number of rotatable bonds is 7. The number of hydrogen-bond donors (Lipinski definition) is 1. The molecule has 0 aromatic carbocycles. The van der Waals surface area contributed by atoms with Gasteiger partial charge in [0.05, 0.1) is 12.7 Å². The summed E-state index contributed by atoms with van der Waals surface area (Å²) in [6.07, 6.45) is 1.73. The third-order valence-electron chi connectivity index (χ3n) is 1.45. The first-order valence-corrected chi connectivity index (χ1v) is 4.54. The summed E-state index contributed by atoms with van der Waals surface area (Å²) >= 11 is 0. The fourth-order valence-electron chi connectivity index (χ4n) is 0.860. The number of carbonyl (C=O) groups excluding carboxylic acids is 1. The van der Waals surface area contributed by atoms with Crippen molar-refractivity contribution in [3.05, 3.63) is 0 Å². The van der Waals surface area contributed by atoms with E-state index in [0.717, 1.165) is 13.0 Å². The highest BCUT2D eigenvalue weighted by Crippen LogP contribution is 1.90. The third kappa shape index (κ3) is 8.83. The molecule has 0 aromatic heterocycles. The molecule has 74 valence electrons. The molecule has 0 bridgehead atoms. The molecule has 0 rings (SSSR count). The van der Waals surface area contributed by atoms with Crippen molar-refractivity contribution in [1.29, 1.82) is 5.26 Å². The molecular formula is C9H16N2O2. The van der Waals surface area contributed by atoms with Crippen LogP contribution in [0.15, 0.2) is 0 Å². The first-order valence-electron chi connectivity index (χ1n) is 4.54. The van der Waals surface area contributed by atoms with Crippen molar-refractivity contribution in [1.82, 2.24) is 5.32 Å². The predicted octanol–water partition coefficient (Wildman–Crippen LogP) is 0.833. The Labute approximate surface area is 78.9 Å². The molecular weight excluding hydrogens is 168 g/mol. The Bertz CT molecular complexity index is 175. The van der Waals surface area contributed by atoms with Gasteiger partial charge in [-0.3, -0.25) is 4.79 Å². The summed E-state index contributed by atoms with van der Waals surface area (Å²) in [5.74, 6) is -0.149. The quantitative estimate of drug-likeness (QED) is 0.470. The van der Waals surface area contributed by atoms with Crippen molar-refractivity contribution in [3.8, 4) is 6.07 Å². The summed E-state index contributed by atoms with van der Waals surface area (Å²) in [5, 5.41) is 11.3. The number of carbonyl (C=O) groups is 1. The number of hydrogen-bond acceptors (Lipinski definition) is 4. The number of ether oxygens (including phenoxy) is 1. The van der Waals surface area contributed by atoms with Gasteiger partial charge in [-0.1, -0.05) is 0 Å². The highest BCUT2D eigenvalue weighted by Gasteiger charge is 1.99. The molecule has 0 radical (unpaired) electrons. The van der Waals surface area contributed by atoms with Crippen LogP contribution in [0.1, 0.15) is 26.2 Å². The average Bonchev–Trinajstić information content (AvgIpc) is 2.11. The SMILES string of the molecule is CCOC(=O)CCCNCCC#N. The van der Waals surface area contributed by atoms with Gasteiger partial charge in [0.25, 0.3) is 0 Å². The van der Waals surface area contributed by atoms with Crippen molar-refractivity contribution < 1.29 is 9.53 Å². The average molecular weight is 184 g/mol. The van der Waals surface area contributed by atoms with Gasteiger partial charge in [-0.25, -0.2) is 0 Å². The van der Waals surface area contributed by atoms with Gasteiger partial charge in [-0.2, -0.15) is 5.26 Å². The smallest absolute Gasteiger partial charge is 0.305 e. The summed E-state index contributed by atoms with van der Waals surface area (Å²) in [6, 6.07) is 2.03. The van der Waals surface area contributed by atoms with E-state index in [2.05, 4.69) is 5.32 Å². The van der Waals surface area contributed by atoms with Crippen LogP contribution in [0.3, 0.4) is 0 Å². The van der Waals surface area contributed by atoms with Crippen LogP contribution in [-0.4, -0.2) is 25.7 Å². The molecule has 4 nitrogen and oxygen atoms in total. The van der Waals surface area contributed by atoms with E-state index < -0.39 is 0 Å². The van der Waals surface area contributed by atoms with Gasteiger partial charge in [0.2, 0.25) is 0 Å². The van der Waals surface area contributed by atoms with Crippen LogP contribution in [0.2, 0.25) is 0 Å².